The van der Waals surface area contributed by atoms with Gasteiger partial charge in [-0.2, -0.15) is 0 Å². The Bertz CT molecular complexity index is 981. The summed E-state index contributed by atoms with van der Waals surface area (Å²) in [6.07, 6.45) is 7.58. The fourth-order valence-electron chi connectivity index (χ4n) is 6.83. The molecule has 2 heterocycles. The zero-order valence-corrected chi connectivity index (χ0v) is 18.1. The van der Waals surface area contributed by atoms with Crippen LogP contribution in [-0.4, -0.2) is 25.2 Å². The normalized spacial score (nSPS) is 33.3. The van der Waals surface area contributed by atoms with Gasteiger partial charge in [-0.1, -0.05) is 0 Å². The van der Waals surface area contributed by atoms with E-state index in [1.165, 1.54) is 51.3 Å². The van der Waals surface area contributed by atoms with Crippen molar-refractivity contribution in [2.75, 3.05) is 19.5 Å². The van der Waals surface area contributed by atoms with Crippen LogP contribution in [0.4, 0.5) is 5.13 Å². The summed E-state index contributed by atoms with van der Waals surface area (Å²) in [6.45, 7) is 0. The quantitative estimate of drug-likeness (QED) is 0.685. The summed E-state index contributed by atoms with van der Waals surface area (Å²) >= 11 is 1.61. The molecule has 6 nitrogen and oxygen atoms in total. The number of hydrogen-bond donors (Lipinski definition) is 1. The zero-order chi connectivity index (χ0) is 20.5. The summed E-state index contributed by atoms with van der Waals surface area (Å²) in [5.41, 5.74) is 2.69. The van der Waals surface area contributed by atoms with Gasteiger partial charge in [0.25, 0.3) is 0 Å². The minimum absolute atomic E-state index is 0.270. The molecule has 4 aliphatic carbocycles. The van der Waals surface area contributed by atoms with Crippen molar-refractivity contribution in [1.82, 2.24) is 4.98 Å². The standard InChI is InChI=1S/C23H26N2O4S/c1-27-16-4-3-15-18(19(16)28-2)21(26)29-20(15)25-22-24-17(11-30-22)23-8-12-5-13(9-23)7-14(6-12)10-23/h3-4,11-14,20H,5-10H2,1-2H3,(H,24,25). The number of esters is 1. The van der Waals surface area contributed by atoms with Gasteiger partial charge in [0, 0.05) is 16.4 Å². The molecular formula is C23H26N2O4S. The third-order valence-corrected chi connectivity index (χ3v) is 8.40. The van der Waals surface area contributed by atoms with Crippen molar-refractivity contribution in [3.8, 4) is 11.5 Å². The predicted molar refractivity (Wildman–Crippen MR) is 113 cm³/mol. The number of methoxy groups -OCH3 is 2. The number of anilines is 1. The lowest BCUT2D eigenvalue weighted by molar-refractivity contribution is -0.00691. The van der Waals surface area contributed by atoms with Crippen molar-refractivity contribution < 1.29 is 19.0 Å². The highest BCUT2D eigenvalue weighted by Gasteiger charge is 2.52. The van der Waals surface area contributed by atoms with Crippen molar-refractivity contribution in [1.29, 1.82) is 0 Å². The van der Waals surface area contributed by atoms with Crippen LogP contribution in [-0.2, 0) is 10.2 Å². The number of nitrogens with one attached hydrogen (secondary N) is 1. The van der Waals surface area contributed by atoms with Crippen LogP contribution in [0.1, 0.15) is 66.4 Å². The number of aromatic nitrogens is 1. The minimum atomic E-state index is -0.567. The van der Waals surface area contributed by atoms with Crippen molar-refractivity contribution in [2.24, 2.45) is 17.8 Å². The van der Waals surface area contributed by atoms with E-state index in [-0.39, 0.29) is 5.41 Å². The molecule has 1 aromatic heterocycles. The van der Waals surface area contributed by atoms with Gasteiger partial charge in [0.15, 0.2) is 16.6 Å². The van der Waals surface area contributed by atoms with Crippen LogP contribution in [0.25, 0.3) is 0 Å². The molecule has 0 spiro atoms. The van der Waals surface area contributed by atoms with E-state index in [0.717, 1.165) is 28.4 Å². The Morgan fingerprint density at radius 1 is 1.10 bits per heavy atom. The number of thiazole rings is 1. The average Bonchev–Trinajstić information content (AvgIpc) is 3.32. The number of carbonyl (C=O) groups is 1. The fraction of sp³-hybridized carbons (Fsp3) is 0.565. The maximum Gasteiger partial charge on any atom is 0.344 e. The van der Waals surface area contributed by atoms with Gasteiger partial charge in [-0.3, -0.25) is 0 Å². The molecule has 0 saturated heterocycles. The number of fused-ring (bicyclic) bond motifs is 1. The Balaban J connectivity index is 1.27. The Morgan fingerprint density at radius 2 is 1.80 bits per heavy atom. The number of carbonyl (C=O) groups excluding carboxylic acids is 1. The van der Waals surface area contributed by atoms with Crippen molar-refractivity contribution in [3.05, 3.63) is 34.3 Å². The van der Waals surface area contributed by atoms with Gasteiger partial charge in [0.1, 0.15) is 5.56 Å². The average molecular weight is 427 g/mol. The van der Waals surface area contributed by atoms with E-state index in [1.54, 1.807) is 24.5 Å². The summed E-state index contributed by atoms with van der Waals surface area (Å²) in [4.78, 5) is 17.5. The highest BCUT2D eigenvalue weighted by molar-refractivity contribution is 7.13. The molecule has 4 bridgehead atoms. The number of rotatable bonds is 5. The van der Waals surface area contributed by atoms with E-state index in [2.05, 4.69) is 10.7 Å². The Labute approximate surface area is 179 Å². The van der Waals surface area contributed by atoms with Gasteiger partial charge in [-0.15, -0.1) is 11.3 Å². The summed E-state index contributed by atoms with van der Waals surface area (Å²) in [7, 11) is 3.09. The minimum Gasteiger partial charge on any atom is -0.493 e. The molecule has 0 amide bonds. The van der Waals surface area contributed by atoms with Gasteiger partial charge in [-0.25, -0.2) is 9.78 Å². The van der Waals surface area contributed by atoms with Crippen LogP contribution in [0.2, 0.25) is 0 Å². The van der Waals surface area contributed by atoms with E-state index >= 15 is 0 Å². The number of hydrogen-bond acceptors (Lipinski definition) is 7. The van der Waals surface area contributed by atoms with Crippen molar-refractivity contribution >= 4 is 22.4 Å². The van der Waals surface area contributed by atoms with Crippen LogP contribution in [0.15, 0.2) is 17.5 Å². The van der Waals surface area contributed by atoms with Crippen molar-refractivity contribution in [2.45, 2.75) is 50.2 Å². The highest BCUT2D eigenvalue weighted by atomic mass is 32.1. The first kappa shape index (κ1) is 18.5. The molecule has 1 unspecified atom stereocenters. The SMILES string of the molecule is COc1ccc2c(c1OC)C(=O)OC2Nc1nc(C23CC4CC(CC(C4)C2)C3)cs1. The summed E-state index contributed by atoms with van der Waals surface area (Å²) in [5.74, 6) is 3.19. The van der Waals surface area contributed by atoms with Crippen LogP contribution in [0.3, 0.4) is 0 Å². The lowest BCUT2D eigenvalue weighted by Gasteiger charge is -2.56. The third kappa shape index (κ3) is 2.67. The Kier molecular flexibility index (Phi) is 4.07. The topological polar surface area (TPSA) is 69.7 Å². The van der Waals surface area contributed by atoms with Crippen LogP contribution in [0, 0.1) is 17.8 Å². The highest BCUT2D eigenvalue weighted by Crippen LogP contribution is 2.60. The summed E-state index contributed by atoms with van der Waals surface area (Å²) in [5, 5.41) is 6.37. The van der Waals surface area contributed by atoms with Crippen LogP contribution in [0.5, 0.6) is 11.5 Å². The van der Waals surface area contributed by atoms with Crippen molar-refractivity contribution in [3.63, 3.8) is 0 Å². The Hall–Kier alpha value is -2.28. The maximum atomic E-state index is 12.5. The third-order valence-electron chi connectivity index (χ3n) is 7.63. The molecule has 4 fully saturated rings. The van der Waals surface area contributed by atoms with E-state index in [9.17, 15) is 4.79 Å². The molecule has 30 heavy (non-hydrogen) atoms. The molecule has 5 aliphatic rings. The summed E-state index contributed by atoms with van der Waals surface area (Å²) in [6, 6.07) is 3.66. The van der Waals surface area contributed by atoms with Gasteiger partial charge >= 0.3 is 5.97 Å². The molecule has 1 aromatic carbocycles. The van der Waals surface area contributed by atoms with Gasteiger partial charge in [0.2, 0.25) is 6.23 Å². The first-order valence-corrected chi connectivity index (χ1v) is 11.6. The van der Waals surface area contributed by atoms with Gasteiger partial charge in [0.05, 0.1) is 19.9 Å². The molecule has 1 atom stereocenters. The lowest BCUT2D eigenvalue weighted by Crippen LogP contribution is -2.48. The number of benzene rings is 1. The second-order valence-electron chi connectivity index (χ2n) is 9.43. The fourth-order valence-corrected chi connectivity index (χ4v) is 7.68. The van der Waals surface area contributed by atoms with E-state index < -0.39 is 12.2 Å². The molecule has 0 radical (unpaired) electrons. The van der Waals surface area contributed by atoms with Crippen LogP contribution >= 0.6 is 11.3 Å². The van der Waals surface area contributed by atoms with E-state index in [1.807, 2.05) is 6.07 Å². The molecule has 1 N–H and O–H groups in total. The van der Waals surface area contributed by atoms with Gasteiger partial charge in [-0.05, 0) is 68.4 Å². The largest absolute Gasteiger partial charge is 0.493 e. The van der Waals surface area contributed by atoms with Crippen LogP contribution < -0.4 is 14.8 Å². The molecule has 7 rings (SSSR count). The first-order chi connectivity index (χ1) is 14.6. The molecule has 7 heteroatoms. The number of cyclic esters (lactones) is 1. The van der Waals surface area contributed by atoms with E-state index in [0.29, 0.717) is 17.1 Å². The summed E-state index contributed by atoms with van der Waals surface area (Å²) < 4.78 is 16.4. The lowest BCUT2D eigenvalue weighted by atomic mass is 9.49. The monoisotopic (exact) mass is 426 g/mol. The maximum absolute atomic E-state index is 12.5. The zero-order valence-electron chi connectivity index (χ0n) is 17.3. The molecular weight excluding hydrogens is 400 g/mol. The van der Waals surface area contributed by atoms with Gasteiger partial charge < -0.3 is 19.5 Å². The predicted octanol–water partition coefficient (Wildman–Crippen LogP) is 4.91. The first-order valence-electron chi connectivity index (χ1n) is 10.8. The second kappa shape index (κ2) is 6.61. The second-order valence-corrected chi connectivity index (χ2v) is 10.3. The Morgan fingerprint density at radius 3 is 2.43 bits per heavy atom. The molecule has 1 aliphatic heterocycles. The number of ether oxygens (including phenoxy) is 3. The molecule has 158 valence electrons. The smallest absolute Gasteiger partial charge is 0.344 e. The molecule has 4 saturated carbocycles. The van der Waals surface area contributed by atoms with E-state index in [4.69, 9.17) is 19.2 Å². The molecule has 2 aromatic rings. The number of nitrogens with zero attached hydrogens (tertiary/aromatic N) is 1.